The number of anilines is 1. The molecule has 1 heterocycles. The van der Waals surface area contributed by atoms with Gasteiger partial charge in [-0.05, 0) is 63.3 Å². The number of halogens is 1. The lowest BCUT2D eigenvalue weighted by Crippen LogP contribution is -2.39. The summed E-state index contributed by atoms with van der Waals surface area (Å²) in [5.41, 5.74) is 1.41. The molecule has 0 aromatic heterocycles. The minimum Gasteiger partial charge on any atom is -0.339 e. The number of benzene rings is 1. The molecule has 2 aliphatic rings. The number of fused-ring (bicyclic) bond motifs is 1. The minimum atomic E-state index is -0.0925. The summed E-state index contributed by atoms with van der Waals surface area (Å²) in [5, 5.41) is 6.49. The van der Waals surface area contributed by atoms with Crippen LogP contribution in [0.5, 0.6) is 0 Å². The van der Waals surface area contributed by atoms with E-state index in [0.29, 0.717) is 30.6 Å². The van der Waals surface area contributed by atoms with Crippen LogP contribution in [0.2, 0.25) is 0 Å². The van der Waals surface area contributed by atoms with Crippen molar-refractivity contribution in [2.75, 3.05) is 18.4 Å². The highest BCUT2D eigenvalue weighted by atomic mass is 35.5. The van der Waals surface area contributed by atoms with Gasteiger partial charge < -0.3 is 15.5 Å². The third-order valence-corrected chi connectivity index (χ3v) is 5.63. The molecule has 3 atom stereocenters. The van der Waals surface area contributed by atoms with Crippen LogP contribution in [0.1, 0.15) is 56.3 Å². The predicted octanol–water partition coefficient (Wildman–Crippen LogP) is 3.45. The maximum Gasteiger partial charge on any atom is 0.253 e. The first-order valence-corrected chi connectivity index (χ1v) is 9.58. The molecule has 0 bridgehead atoms. The van der Waals surface area contributed by atoms with Gasteiger partial charge >= 0.3 is 0 Å². The first-order valence-electron chi connectivity index (χ1n) is 9.58. The van der Waals surface area contributed by atoms with E-state index < -0.39 is 0 Å². The zero-order chi connectivity index (χ0) is 17.8. The fourth-order valence-electron chi connectivity index (χ4n) is 4.14. The van der Waals surface area contributed by atoms with Crippen LogP contribution in [0.15, 0.2) is 24.3 Å². The maximum absolute atomic E-state index is 12.5. The number of hydrogen-bond donors (Lipinski definition) is 2. The van der Waals surface area contributed by atoms with Crippen molar-refractivity contribution in [3.8, 4) is 0 Å². The van der Waals surface area contributed by atoms with Crippen LogP contribution in [0, 0.1) is 5.92 Å². The van der Waals surface area contributed by atoms with Crippen LogP contribution in [0.3, 0.4) is 0 Å². The van der Waals surface area contributed by atoms with Gasteiger partial charge in [-0.3, -0.25) is 9.59 Å². The molecular formula is C20H30ClN3O2. The van der Waals surface area contributed by atoms with E-state index in [1.807, 2.05) is 26.0 Å². The molecule has 3 unspecified atom stereocenters. The number of carbonyl (C=O) groups excluding carboxylic acids is 2. The average Bonchev–Trinajstić information content (AvgIpc) is 3.07. The van der Waals surface area contributed by atoms with Gasteiger partial charge in [-0.25, -0.2) is 0 Å². The molecule has 1 aromatic rings. The normalized spacial score (nSPS) is 24.3. The van der Waals surface area contributed by atoms with E-state index in [4.69, 9.17) is 0 Å². The zero-order valence-corrected chi connectivity index (χ0v) is 16.5. The smallest absolute Gasteiger partial charge is 0.253 e. The number of nitrogens with zero attached hydrogens (tertiary/aromatic N) is 1. The average molecular weight is 380 g/mol. The number of rotatable bonds is 5. The standard InChI is InChI=1S/C20H29N3O2.ClH/c1-3-23(4-2)20(25)14-9-11-16(12-10-14)21-19(24)18-13-15-7-5-6-8-17(15)22-18;/h9-12,15,17-18,22H,3-8,13H2,1-2H3,(H,21,24);1H. The Balaban J connectivity index is 0.00000243. The second-order valence-electron chi connectivity index (χ2n) is 7.15. The van der Waals surface area contributed by atoms with Gasteiger partial charge in [0.25, 0.3) is 5.91 Å². The van der Waals surface area contributed by atoms with Crippen molar-refractivity contribution in [3.05, 3.63) is 29.8 Å². The Morgan fingerprint density at radius 1 is 1.12 bits per heavy atom. The highest BCUT2D eigenvalue weighted by Crippen LogP contribution is 2.33. The maximum atomic E-state index is 12.5. The molecule has 6 heteroatoms. The van der Waals surface area contributed by atoms with Crippen LogP contribution in [-0.2, 0) is 4.79 Å². The van der Waals surface area contributed by atoms with Crippen molar-refractivity contribution in [2.45, 2.75) is 58.0 Å². The number of amides is 2. The van der Waals surface area contributed by atoms with Gasteiger partial charge in [-0.1, -0.05) is 12.8 Å². The van der Waals surface area contributed by atoms with E-state index in [1.165, 1.54) is 25.7 Å². The minimum absolute atomic E-state index is 0. The van der Waals surface area contributed by atoms with E-state index >= 15 is 0 Å². The summed E-state index contributed by atoms with van der Waals surface area (Å²) < 4.78 is 0. The van der Waals surface area contributed by atoms with Crippen molar-refractivity contribution in [3.63, 3.8) is 0 Å². The molecule has 1 saturated heterocycles. The first kappa shape index (κ1) is 20.7. The Morgan fingerprint density at radius 3 is 2.38 bits per heavy atom. The largest absolute Gasteiger partial charge is 0.339 e. The monoisotopic (exact) mass is 379 g/mol. The van der Waals surface area contributed by atoms with Crippen molar-refractivity contribution in [2.24, 2.45) is 5.92 Å². The lowest BCUT2D eigenvalue weighted by Gasteiger charge is -2.24. The van der Waals surface area contributed by atoms with Gasteiger partial charge in [0.15, 0.2) is 0 Å². The number of nitrogens with one attached hydrogen (secondary N) is 2. The Morgan fingerprint density at radius 2 is 1.77 bits per heavy atom. The summed E-state index contributed by atoms with van der Waals surface area (Å²) in [6.07, 6.45) is 5.93. The molecule has 2 fully saturated rings. The summed E-state index contributed by atoms with van der Waals surface area (Å²) in [7, 11) is 0. The van der Waals surface area contributed by atoms with E-state index in [1.54, 1.807) is 17.0 Å². The molecule has 1 saturated carbocycles. The number of hydrogen-bond acceptors (Lipinski definition) is 3. The summed E-state index contributed by atoms with van der Waals surface area (Å²) in [6, 6.07) is 7.63. The van der Waals surface area contributed by atoms with E-state index in [9.17, 15) is 9.59 Å². The molecular weight excluding hydrogens is 350 g/mol. The van der Waals surface area contributed by atoms with Gasteiger partial charge in [-0.2, -0.15) is 0 Å². The molecule has 3 rings (SSSR count). The number of carbonyl (C=O) groups is 2. The molecule has 0 radical (unpaired) electrons. The second kappa shape index (κ2) is 9.38. The lowest BCUT2D eigenvalue weighted by atomic mass is 9.85. The van der Waals surface area contributed by atoms with Crippen molar-refractivity contribution in [1.29, 1.82) is 0 Å². The molecule has 26 heavy (non-hydrogen) atoms. The van der Waals surface area contributed by atoms with Gasteiger partial charge in [-0.15, -0.1) is 12.4 Å². The van der Waals surface area contributed by atoms with Gasteiger partial charge in [0.1, 0.15) is 0 Å². The van der Waals surface area contributed by atoms with Crippen molar-refractivity contribution in [1.82, 2.24) is 10.2 Å². The molecule has 1 aliphatic carbocycles. The van der Waals surface area contributed by atoms with Crippen LogP contribution in [0.25, 0.3) is 0 Å². The third kappa shape index (κ3) is 4.57. The van der Waals surface area contributed by atoms with Crippen molar-refractivity contribution < 1.29 is 9.59 Å². The second-order valence-corrected chi connectivity index (χ2v) is 7.15. The summed E-state index contributed by atoms with van der Waals surface area (Å²) in [5.74, 6) is 0.722. The summed E-state index contributed by atoms with van der Waals surface area (Å²) >= 11 is 0. The van der Waals surface area contributed by atoms with Gasteiger partial charge in [0, 0.05) is 30.4 Å². The summed E-state index contributed by atoms with van der Waals surface area (Å²) in [6.45, 7) is 5.34. The molecule has 5 nitrogen and oxygen atoms in total. The van der Waals surface area contributed by atoms with Crippen LogP contribution >= 0.6 is 12.4 Å². The molecule has 0 spiro atoms. The Hall–Kier alpha value is -1.59. The fourth-order valence-corrected chi connectivity index (χ4v) is 4.14. The predicted molar refractivity (Wildman–Crippen MR) is 107 cm³/mol. The highest BCUT2D eigenvalue weighted by Gasteiger charge is 2.38. The summed E-state index contributed by atoms with van der Waals surface area (Å²) in [4.78, 5) is 26.6. The quantitative estimate of drug-likeness (QED) is 0.823. The first-order chi connectivity index (χ1) is 12.1. The van der Waals surface area contributed by atoms with Crippen molar-refractivity contribution >= 4 is 29.9 Å². The van der Waals surface area contributed by atoms with Gasteiger partial charge in [0.05, 0.1) is 6.04 Å². The molecule has 2 amide bonds. The highest BCUT2D eigenvalue weighted by molar-refractivity contribution is 5.97. The van der Waals surface area contributed by atoms with E-state index in [-0.39, 0.29) is 30.3 Å². The lowest BCUT2D eigenvalue weighted by molar-refractivity contribution is -0.117. The van der Waals surface area contributed by atoms with Gasteiger partial charge in [0.2, 0.25) is 5.91 Å². The zero-order valence-electron chi connectivity index (χ0n) is 15.7. The molecule has 1 aliphatic heterocycles. The van der Waals surface area contributed by atoms with Crippen LogP contribution in [0.4, 0.5) is 5.69 Å². The fraction of sp³-hybridized carbons (Fsp3) is 0.600. The Labute approximate surface area is 162 Å². The Kier molecular flexibility index (Phi) is 7.47. The Bertz CT molecular complexity index is 602. The topological polar surface area (TPSA) is 61.4 Å². The SMILES string of the molecule is CCN(CC)C(=O)c1ccc(NC(=O)C2CC3CCCCC3N2)cc1.Cl. The third-order valence-electron chi connectivity index (χ3n) is 5.63. The molecule has 2 N–H and O–H groups in total. The molecule has 144 valence electrons. The van der Waals surface area contributed by atoms with E-state index in [0.717, 1.165) is 12.1 Å². The van der Waals surface area contributed by atoms with Crippen LogP contribution < -0.4 is 10.6 Å². The van der Waals surface area contributed by atoms with E-state index in [2.05, 4.69) is 10.6 Å². The van der Waals surface area contributed by atoms with Crippen LogP contribution in [-0.4, -0.2) is 41.9 Å². The molecule has 1 aromatic carbocycles.